The number of carbonyl (C=O) groups excluding carboxylic acids is 1. The molecule has 0 spiro atoms. The quantitative estimate of drug-likeness (QED) is 0.667. The van der Waals surface area contributed by atoms with Gasteiger partial charge >= 0.3 is 0 Å². The number of benzene rings is 2. The maximum atomic E-state index is 12.1. The van der Waals surface area contributed by atoms with Gasteiger partial charge in [0.05, 0.1) is 16.8 Å². The Morgan fingerprint density at radius 3 is 2.73 bits per heavy atom. The summed E-state index contributed by atoms with van der Waals surface area (Å²) >= 11 is 1.42. The van der Waals surface area contributed by atoms with Crippen LogP contribution in [-0.2, 0) is 4.79 Å². The van der Waals surface area contributed by atoms with Crippen molar-refractivity contribution in [1.82, 2.24) is 4.98 Å². The van der Waals surface area contributed by atoms with Crippen molar-refractivity contribution in [3.8, 4) is 17.2 Å². The number of nitrogens with one attached hydrogen (secondary N) is 1. The molecule has 2 aromatic carbocycles. The molecule has 7 heteroatoms. The number of anilines is 1. The minimum atomic E-state index is -0.0713. The van der Waals surface area contributed by atoms with Crippen LogP contribution in [0.5, 0.6) is 17.2 Å². The highest BCUT2D eigenvalue weighted by atomic mass is 32.1. The lowest BCUT2D eigenvalue weighted by Crippen LogP contribution is -2.15. The summed E-state index contributed by atoms with van der Waals surface area (Å²) in [4.78, 5) is 16.6. The monoisotopic (exact) mass is 370 g/mol. The van der Waals surface area contributed by atoms with E-state index in [4.69, 9.17) is 14.2 Å². The second-order valence-electron chi connectivity index (χ2n) is 5.80. The number of thiazole rings is 1. The van der Waals surface area contributed by atoms with Crippen molar-refractivity contribution < 1.29 is 19.0 Å². The number of fused-ring (bicyclic) bond motifs is 2. The lowest BCUT2D eigenvalue weighted by Gasteiger charge is -2.17. The largest absolute Gasteiger partial charge is 0.494 e. The number of para-hydroxylation sites is 1. The SMILES string of the molecule is O=C(CCCOc1ccccc1)Nc1nc2cc3c(cc2s1)OCCO3. The zero-order valence-corrected chi connectivity index (χ0v) is 14.9. The maximum Gasteiger partial charge on any atom is 0.226 e. The lowest BCUT2D eigenvalue weighted by atomic mass is 10.3. The van der Waals surface area contributed by atoms with Gasteiger partial charge in [0, 0.05) is 18.6 Å². The Hall–Kier alpha value is -2.80. The molecule has 0 bridgehead atoms. The summed E-state index contributed by atoms with van der Waals surface area (Å²) in [5.41, 5.74) is 0.793. The van der Waals surface area contributed by atoms with E-state index >= 15 is 0 Å². The molecule has 2 heterocycles. The Morgan fingerprint density at radius 1 is 1.15 bits per heavy atom. The van der Waals surface area contributed by atoms with Crippen molar-refractivity contribution in [3.63, 3.8) is 0 Å². The van der Waals surface area contributed by atoms with E-state index in [-0.39, 0.29) is 5.91 Å². The third kappa shape index (κ3) is 3.88. The summed E-state index contributed by atoms with van der Waals surface area (Å²) in [6.45, 7) is 1.59. The van der Waals surface area contributed by atoms with E-state index in [2.05, 4.69) is 10.3 Å². The van der Waals surface area contributed by atoms with Gasteiger partial charge in [0.2, 0.25) is 5.91 Å². The molecule has 0 radical (unpaired) electrons. The molecule has 1 amide bonds. The van der Waals surface area contributed by atoms with Crippen LogP contribution in [0.3, 0.4) is 0 Å². The molecule has 26 heavy (non-hydrogen) atoms. The zero-order valence-electron chi connectivity index (χ0n) is 14.1. The van der Waals surface area contributed by atoms with Gasteiger partial charge in [-0.15, -0.1) is 0 Å². The summed E-state index contributed by atoms with van der Waals surface area (Å²) in [6, 6.07) is 13.3. The number of carbonyl (C=O) groups is 1. The minimum absolute atomic E-state index is 0.0713. The molecule has 1 aliphatic heterocycles. The molecular weight excluding hydrogens is 352 g/mol. The minimum Gasteiger partial charge on any atom is -0.494 e. The van der Waals surface area contributed by atoms with Crippen molar-refractivity contribution >= 4 is 32.6 Å². The first-order chi connectivity index (χ1) is 12.8. The lowest BCUT2D eigenvalue weighted by molar-refractivity contribution is -0.116. The fourth-order valence-electron chi connectivity index (χ4n) is 2.64. The predicted molar refractivity (Wildman–Crippen MR) is 100 cm³/mol. The van der Waals surface area contributed by atoms with Crippen molar-refractivity contribution in [3.05, 3.63) is 42.5 Å². The number of aromatic nitrogens is 1. The molecule has 134 valence electrons. The number of hydrogen-bond acceptors (Lipinski definition) is 6. The van der Waals surface area contributed by atoms with Crippen LogP contribution in [0, 0.1) is 0 Å². The zero-order chi connectivity index (χ0) is 17.8. The molecule has 0 atom stereocenters. The molecule has 0 saturated heterocycles. The smallest absolute Gasteiger partial charge is 0.226 e. The van der Waals surface area contributed by atoms with Crippen molar-refractivity contribution in [2.45, 2.75) is 12.8 Å². The molecule has 1 aliphatic rings. The van der Waals surface area contributed by atoms with E-state index in [1.165, 1.54) is 11.3 Å². The van der Waals surface area contributed by atoms with Crippen LogP contribution in [0.25, 0.3) is 10.2 Å². The van der Waals surface area contributed by atoms with Gasteiger partial charge in [-0.2, -0.15) is 0 Å². The van der Waals surface area contributed by atoms with Gasteiger partial charge in [-0.3, -0.25) is 4.79 Å². The molecule has 0 unspecified atom stereocenters. The third-order valence-electron chi connectivity index (χ3n) is 3.86. The second kappa shape index (κ2) is 7.61. The van der Waals surface area contributed by atoms with Crippen molar-refractivity contribution in [1.29, 1.82) is 0 Å². The Morgan fingerprint density at radius 2 is 1.92 bits per heavy atom. The standard InChI is InChI=1S/C19H18N2O4S/c22-18(7-4-8-23-13-5-2-1-3-6-13)21-19-20-14-11-15-16(12-17(14)26-19)25-10-9-24-15/h1-3,5-6,11-12H,4,7-10H2,(H,20,21,22). The first kappa shape index (κ1) is 16.7. The highest BCUT2D eigenvalue weighted by Gasteiger charge is 2.16. The number of rotatable bonds is 6. The second-order valence-corrected chi connectivity index (χ2v) is 6.83. The first-order valence-corrected chi connectivity index (χ1v) is 9.27. The van der Waals surface area contributed by atoms with Crippen LogP contribution in [0.1, 0.15) is 12.8 Å². The Balaban J connectivity index is 1.31. The van der Waals surface area contributed by atoms with E-state index in [0.29, 0.717) is 43.5 Å². The van der Waals surface area contributed by atoms with Gasteiger partial charge in [0.25, 0.3) is 0 Å². The average molecular weight is 370 g/mol. The third-order valence-corrected chi connectivity index (χ3v) is 4.79. The van der Waals surface area contributed by atoms with Crippen molar-refractivity contribution in [2.75, 3.05) is 25.1 Å². The first-order valence-electron chi connectivity index (χ1n) is 8.46. The maximum absolute atomic E-state index is 12.1. The van der Waals surface area contributed by atoms with Crippen LogP contribution < -0.4 is 19.5 Å². The Kier molecular flexibility index (Phi) is 4.88. The van der Waals surface area contributed by atoms with Gasteiger partial charge < -0.3 is 19.5 Å². The number of nitrogens with zero attached hydrogens (tertiary/aromatic N) is 1. The van der Waals surface area contributed by atoms with E-state index in [9.17, 15) is 4.79 Å². The van der Waals surface area contributed by atoms with Crippen LogP contribution in [-0.4, -0.2) is 30.7 Å². The summed E-state index contributed by atoms with van der Waals surface area (Å²) in [5.74, 6) is 2.17. The molecule has 4 rings (SSSR count). The Labute approximate surface area is 154 Å². The summed E-state index contributed by atoms with van der Waals surface area (Å²) in [6.07, 6.45) is 1.02. The van der Waals surface area contributed by atoms with Gasteiger partial charge in [-0.05, 0) is 18.6 Å². The van der Waals surface area contributed by atoms with Crippen LogP contribution in [0.4, 0.5) is 5.13 Å². The highest BCUT2D eigenvalue weighted by molar-refractivity contribution is 7.22. The van der Waals surface area contributed by atoms with Gasteiger partial charge in [0.1, 0.15) is 19.0 Å². The van der Waals surface area contributed by atoms with Gasteiger partial charge in [-0.1, -0.05) is 29.5 Å². The number of hydrogen-bond donors (Lipinski definition) is 1. The van der Waals surface area contributed by atoms with E-state index in [1.54, 1.807) is 0 Å². The average Bonchev–Trinajstić information content (AvgIpc) is 3.05. The topological polar surface area (TPSA) is 69.7 Å². The number of ether oxygens (including phenoxy) is 3. The molecule has 3 aromatic rings. The molecule has 6 nitrogen and oxygen atoms in total. The highest BCUT2D eigenvalue weighted by Crippen LogP contribution is 2.37. The van der Waals surface area contributed by atoms with Crippen LogP contribution >= 0.6 is 11.3 Å². The van der Waals surface area contributed by atoms with E-state index in [1.807, 2.05) is 42.5 Å². The molecular formula is C19H18N2O4S. The summed E-state index contributed by atoms with van der Waals surface area (Å²) in [7, 11) is 0. The molecule has 0 aliphatic carbocycles. The predicted octanol–water partition coefficient (Wildman–Crippen LogP) is 3.87. The summed E-state index contributed by atoms with van der Waals surface area (Å²) < 4.78 is 17.7. The fourth-order valence-corrected chi connectivity index (χ4v) is 3.53. The normalized spacial score (nSPS) is 12.8. The Bertz CT molecular complexity index is 868. The van der Waals surface area contributed by atoms with Gasteiger partial charge in [0.15, 0.2) is 16.6 Å². The molecule has 1 aromatic heterocycles. The fraction of sp³-hybridized carbons (Fsp3) is 0.263. The molecule has 1 N–H and O–H groups in total. The van der Waals surface area contributed by atoms with E-state index < -0.39 is 0 Å². The summed E-state index contributed by atoms with van der Waals surface area (Å²) in [5, 5.41) is 3.43. The van der Waals surface area contributed by atoms with Crippen LogP contribution in [0.2, 0.25) is 0 Å². The van der Waals surface area contributed by atoms with E-state index in [0.717, 1.165) is 21.7 Å². The van der Waals surface area contributed by atoms with Gasteiger partial charge in [-0.25, -0.2) is 4.98 Å². The molecule has 0 saturated carbocycles. The van der Waals surface area contributed by atoms with Crippen LogP contribution in [0.15, 0.2) is 42.5 Å². The molecule has 0 fully saturated rings. The number of amides is 1. The van der Waals surface area contributed by atoms with Crippen molar-refractivity contribution in [2.24, 2.45) is 0 Å².